The molecular weight excluding hydrogens is 222 g/mol. The van der Waals surface area contributed by atoms with Crippen LogP contribution in [0.2, 0.25) is 0 Å². The molecule has 1 aliphatic rings. The van der Waals surface area contributed by atoms with E-state index in [1.807, 2.05) is 7.05 Å². The average molecular weight is 247 g/mol. The quantitative estimate of drug-likeness (QED) is 0.875. The highest BCUT2D eigenvalue weighted by Gasteiger charge is 2.21. The van der Waals surface area contributed by atoms with Crippen LogP contribution < -0.4 is 10.2 Å². The van der Waals surface area contributed by atoms with Crippen molar-refractivity contribution in [3.05, 3.63) is 30.3 Å². The number of hydrogen-bond acceptors (Lipinski definition) is 3. The van der Waals surface area contributed by atoms with Crippen molar-refractivity contribution >= 4 is 5.69 Å². The molecule has 1 aromatic carbocycles. The van der Waals surface area contributed by atoms with Crippen molar-refractivity contribution < 1.29 is 0 Å². The topological polar surface area (TPSA) is 18.5 Å². The zero-order valence-corrected chi connectivity index (χ0v) is 11.6. The molecule has 1 aromatic rings. The van der Waals surface area contributed by atoms with Gasteiger partial charge in [0, 0.05) is 24.8 Å². The Morgan fingerprint density at radius 1 is 1.22 bits per heavy atom. The molecule has 1 aliphatic heterocycles. The van der Waals surface area contributed by atoms with Gasteiger partial charge in [-0.2, -0.15) is 0 Å². The van der Waals surface area contributed by atoms with E-state index in [1.54, 1.807) is 0 Å². The Bertz CT molecular complexity index is 339. The van der Waals surface area contributed by atoms with Crippen LogP contribution in [-0.2, 0) is 0 Å². The Hall–Kier alpha value is -1.06. The molecular formula is C15H25N3. The predicted molar refractivity (Wildman–Crippen MR) is 78.2 cm³/mol. The zero-order valence-electron chi connectivity index (χ0n) is 11.6. The third-order valence-electron chi connectivity index (χ3n) is 3.84. The lowest BCUT2D eigenvalue weighted by Crippen LogP contribution is -2.40. The fraction of sp³-hybridized carbons (Fsp3) is 0.600. The first-order chi connectivity index (χ1) is 8.81. The summed E-state index contributed by atoms with van der Waals surface area (Å²) in [6, 6.07) is 11.5. The monoisotopic (exact) mass is 247 g/mol. The van der Waals surface area contributed by atoms with Gasteiger partial charge in [-0.15, -0.1) is 0 Å². The zero-order chi connectivity index (χ0) is 12.8. The second-order valence-corrected chi connectivity index (χ2v) is 5.16. The van der Waals surface area contributed by atoms with Crippen LogP contribution in [0.4, 0.5) is 5.69 Å². The van der Waals surface area contributed by atoms with Crippen LogP contribution in [0, 0.1) is 0 Å². The maximum absolute atomic E-state index is 3.27. The lowest BCUT2D eigenvalue weighted by molar-refractivity contribution is 0.248. The summed E-state index contributed by atoms with van der Waals surface area (Å²) in [6.07, 6.45) is 2.47. The number of para-hydroxylation sites is 1. The standard InChI is InChI=1S/C15H25N3/c1-16-10-9-15-13-18(12-6-11-17(15)2)14-7-4-3-5-8-14/h3-5,7-8,15-16H,6,9-13H2,1-2H3. The first kappa shape index (κ1) is 13.4. The molecule has 0 radical (unpaired) electrons. The number of hydrogen-bond donors (Lipinski definition) is 1. The summed E-state index contributed by atoms with van der Waals surface area (Å²) in [5, 5.41) is 3.27. The number of nitrogens with one attached hydrogen (secondary N) is 1. The van der Waals surface area contributed by atoms with E-state index in [-0.39, 0.29) is 0 Å². The first-order valence-corrected chi connectivity index (χ1v) is 6.96. The van der Waals surface area contributed by atoms with E-state index in [2.05, 4.69) is 52.5 Å². The fourth-order valence-electron chi connectivity index (χ4n) is 2.67. The third-order valence-corrected chi connectivity index (χ3v) is 3.84. The van der Waals surface area contributed by atoms with Gasteiger partial charge >= 0.3 is 0 Å². The summed E-state index contributed by atoms with van der Waals surface area (Å²) in [6.45, 7) is 4.61. The van der Waals surface area contributed by atoms with Gasteiger partial charge in [0.15, 0.2) is 0 Å². The number of likely N-dealkylation sites (N-methyl/N-ethyl adjacent to an activating group) is 1. The molecule has 0 amide bonds. The molecule has 0 aliphatic carbocycles. The molecule has 1 fully saturated rings. The smallest absolute Gasteiger partial charge is 0.0366 e. The molecule has 1 heterocycles. The van der Waals surface area contributed by atoms with Gasteiger partial charge < -0.3 is 15.1 Å². The molecule has 0 saturated carbocycles. The largest absolute Gasteiger partial charge is 0.370 e. The summed E-state index contributed by atoms with van der Waals surface area (Å²) in [4.78, 5) is 5.05. The summed E-state index contributed by atoms with van der Waals surface area (Å²) in [5.74, 6) is 0. The van der Waals surface area contributed by atoms with Crippen molar-refractivity contribution in [2.45, 2.75) is 18.9 Å². The van der Waals surface area contributed by atoms with Crippen LogP contribution in [0.25, 0.3) is 0 Å². The van der Waals surface area contributed by atoms with Gasteiger partial charge in [-0.1, -0.05) is 18.2 Å². The highest BCUT2D eigenvalue weighted by atomic mass is 15.2. The highest BCUT2D eigenvalue weighted by Crippen LogP contribution is 2.19. The average Bonchev–Trinajstić information content (AvgIpc) is 2.60. The lowest BCUT2D eigenvalue weighted by Gasteiger charge is -2.30. The Morgan fingerprint density at radius 3 is 2.72 bits per heavy atom. The third kappa shape index (κ3) is 3.47. The van der Waals surface area contributed by atoms with Gasteiger partial charge in [0.1, 0.15) is 0 Å². The van der Waals surface area contributed by atoms with Crippen molar-refractivity contribution in [1.82, 2.24) is 10.2 Å². The van der Waals surface area contributed by atoms with Gasteiger partial charge in [0.2, 0.25) is 0 Å². The number of benzene rings is 1. The molecule has 100 valence electrons. The summed E-state index contributed by atoms with van der Waals surface area (Å²) in [5.41, 5.74) is 1.36. The molecule has 2 rings (SSSR count). The molecule has 3 nitrogen and oxygen atoms in total. The number of rotatable bonds is 4. The van der Waals surface area contributed by atoms with E-state index in [1.165, 1.54) is 31.6 Å². The van der Waals surface area contributed by atoms with Crippen molar-refractivity contribution in [3.63, 3.8) is 0 Å². The Morgan fingerprint density at radius 2 is 2.00 bits per heavy atom. The Labute approximate surface area is 111 Å². The summed E-state index contributed by atoms with van der Waals surface area (Å²) >= 11 is 0. The highest BCUT2D eigenvalue weighted by molar-refractivity contribution is 5.46. The van der Waals surface area contributed by atoms with Crippen molar-refractivity contribution in [2.75, 3.05) is 45.2 Å². The first-order valence-electron chi connectivity index (χ1n) is 6.96. The minimum Gasteiger partial charge on any atom is -0.370 e. The molecule has 0 spiro atoms. The van der Waals surface area contributed by atoms with Crippen LogP contribution in [-0.4, -0.2) is 51.2 Å². The molecule has 1 unspecified atom stereocenters. The van der Waals surface area contributed by atoms with E-state index in [9.17, 15) is 0 Å². The maximum atomic E-state index is 3.27. The van der Waals surface area contributed by atoms with E-state index >= 15 is 0 Å². The molecule has 18 heavy (non-hydrogen) atoms. The molecule has 1 N–H and O–H groups in total. The summed E-state index contributed by atoms with van der Waals surface area (Å²) in [7, 11) is 4.29. The molecule has 3 heteroatoms. The van der Waals surface area contributed by atoms with Gasteiger partial charge in [-0.05, 0) is 52.2 Å². The van der Waals surface area contributed by atoms with E-state index in [0.29, 0.717) is 6.04 Å². The van der Waals surface area contributed by atoms with Crippen molar-refractivity contribution in [3.8, 4) is 0 Å². The summed E-state index contributed by atoms with van der Waals surface area (Å²) < 4.78 is 0. The number of nitrogens with zero attached hydrogens (tertiary/aromatic N) is 2. The van der Waals surface area contributed by atoms with Crippen molar-refractivity contribution in [2.24, 2.45) is 0 Å². The van der Waals surface area contributed by atoms with Gasteiger partial charge in [0.05, 0.1) is 0 Å². The minimum absolute atomic E-state index is 0.653. The lowest BCUT2D eigenvalue weighted by atomic mass is 10.1. The van der Waals surface area contributed by atoms with E-state index in [0.717, 1.165) is 13.1 Å². The van der Waals surface area contributed by atoms with E-state index < -0.39 is 0 Å². The van der Waals surface area contributed by atoms with Gasteiger partial charge in [-0.3, -0.25) is 0 Å². The van der Waals surface area contributed by atoms with Crippen molar-refractivity contribution in [1.29, 1.82) is 0 Å². The molecule has 0 bridgehead atoms. The second-order valence-electron chi connectivity index (χ2n) is 5.16. The maximum Gasteiger partial charge on any atom is 0.0366 e. The Balaban J connectivity index is 2.03. The second kappa shape index (κ2) is 6.76. The number of anilines is 1. The normalized spacial score (nSPS) is 21.9. The van der Waals surface area contributed by atoms with Crippen LogP contribution in [0.1, 0.15) is 12.8 Å². The van der Waals surface area contributed by atoms with Crippen LogP contribution in [0.3, 0.4) is 0 Å². The van der Waals surface area contributed by atoms with Crippen LogP contribution >= 0.6 is 0 Å². The fourth-order valence-corrected chi connectivity index (χ4v) is 2.67. The molecule has 1 atom stereocenters. The van der Waals surface area contributed by atoms with Gasteiger partial charge in [-0.25, -0.2) is 0 Å². The van der Waals surface area contributed by atoms with Crippen LogP contribution in [0.15, 0.2) is 30.3 Å². The predicted octanol–water partition coefficient (Wildman–Crippen LogP) is 1.81. The van der Waals surface area contributed by atoms with Gasteiger partial charge in [0.25, 0.3) is 0 Å². The minimum atomic E-state index is 0.653. The van der Waals surface area contributed by atoms with Crippen LogP contribution in [0.5, 0.6) is 0 Å². The van der Waals surface area contributed by atoms with E-state index in [4.69, 9.17) is 0 Å². The Kier molecular flexibility index (Phi) is 5.02. The molecule has 0 aromatic heterocycles. The molecule has 1 saturated heterocycles. The SMILES string of the molecule is CNCCC1CN(c2ccccc2)CCCN1C.